The predicted molar refractivity (Wildman–Crippen MR) is 171 cm³/mol. The maximum Gasteiger partial charge on any atom is 0.340 e. The number of benzene rings is 5. The Morgan fingerprint density at radius 3 is 2.40 bits per heavy atom. The summed E-state index contributed by atoms with van der Waals surface area (Å²) in [4.78, 5) is 13.0. The van der Waals surface area contributed by atoms with E-state index in [2.05, 4.69) is 15.7 Å². The molecule has 2 N–H and O–H groups in total. The molecule has 0 bridgehead atoms. The van der Waals surface area contributed by atoms with Crippen molar-refractivity contribution in [3.8, 4) is 5.88 Å². The van der Waals surface area contributed by atoms with Crippen LogP contribution in [0.15, 0.2) is 108 Å². The molecule has 1 aromatic heterocycles. The van der Waals surface area contributed by atoms with Crippen LogP contribution in [0.5, 0.6) is 5.88 Å². The van der Waals surface area contributed by atoms with Crippen LogP contribution in [0.2, 0.25) is 10.0 Å². The highest BCUT2D eigenvalue weighted by molar-refractivity contribution is 7.87. The molecule has 216 valence electrons. The molecule has 1 heterocycles. The van der Waals surface area contributed by atoms with Gasteiger partial charge in [0.1, 0.15) is 4.90 Å². The van der Waals surface area contributed by atoms with Crippen molar-refractivity contribution < 1.29 is 17.4 Å². The van der Waals surface area contributed by atoms with Gasteiger partial charge in [0.2, 0.25) is 0 Å². The number of anilines is 2. The van der Waals surface area contributed by atoms with Gasteiger partial charge in [0.15, 0.2) is 0 Å². The van der Waals surface area contributed by atoms with Crippen LogP contribution in [0, 0.1) is 6.92 Å². The van der Waals surface area contributed by atoms with E-state index in [9.17, 15) is 13.2 Å². The van der Waals surface area contributed by atoms with Crippen molar-refractivity contribution in [3.05, 3.63) is 124 Å². The van der Waals surface area contributed by atoms with Gasteiger partial charge < -0.3 is 14.8 Å². The van der Waals surface area contributed by atoms with Crippen LogP contribution in [-0.2, 0) is 16.7 Å². The number of carbonyl (C=O) groups is 1. The minimum atomic E-state index is -4.20. The maximum atomic E-state index is 13.2. The summed E-state index contributed by atoms with van der Waals surface area (Å²) in [5, 5.41) is 13.3. The van der Waals surface area contributed by atoms with E-state index in [-0.39, 0.29) is 17.3 Å². The number of aromatic nitrogens is 2. The Hall–Kier alpha value is -4.57. The van der Waals surface area contributed by atoms with Gasteiger partial charge in [-0.2, -0.15) is 8.42 Å². The highest BCUT2D eigenvalue weighted by atomic mass is 35.5. The van der Waals surface area contributed by atoms with Crippen LogP contribution >= 0.6 is 23.2 Å². The highest BCUT2D eigenvalue weighted by Crippen LogP contribution is 2.32. The first-order chi connectivity index (χ1) is 20.7. The first-order valence-corrected chi connectivity index (χ1v) is 15.3. The molecule has 0 fully saturated rings. The summed E-state index contributed by atoms with van der Waals surface area (Å²) in [5.41, 5.74) is 3.35. The average Bonchev–Trinajstić information content (AvgIpc) is 3.30. The number of nitrogens with one attached hydrogen (secondary N) is 2. The first-order valence-electron chi connectivity index (χ1n) is 13.2. The van der Waals surface area contributed by atoms with Crippen LogP contribution in [0.1, 0.15) is 11.1 Å². The number of hydrogen-bond acceptors (Lipinski definition) is 5. The van der Waals surface area contributed by atoms with Crippen molar-refractivity contribution in [2.75, 3.05) is 10.6 Å². The quantitative estimate of drug-likeness (QED) is 0.173. The third kappa shape index (κ3) is 6.15. The Morgan fingerprint density at radius 2 is 1.60 bits per heavy atom. The van der Waals surface area contributed by atoms with Crippen LogP contribution in [0.25, 0.3) is 21.7 Å². The molecule has 0 saturated heterocycles. The van der Waals surface area contributed by atoms with E-state index in [0.717, 1.165) is 21.9 Å². The van der Waals surface area contributed by atoms with Gasteiger partial charge in [0, 0.05) is 11.1 Å². The second-order valence-electron chi connectivity index (χ2n) is 9.90. The summed E-state index contributed by atoms with van der Waals surface area (Å²) in [6.07, 6.45) is 0. The molecule has 2 amide bonds. The fraction of sp³-hybridized carbons (Fsp3) is 0.0625. The Kier molecular flexibility index (Phi) is 7.70. The number of aryl methyl sites for hydroxylation is 1. The predicted octanol–water partition coefficient (Wildman–Crippen LogP) is 8.26. The van der Waals surface area contributed by atoms with Crippen molar-refractivity contribution in [2.24, 2.45) is 0 Å². The molecule has 0 aliphatic carbocycles. The summed E-state index contributed by atoms with van der Waals surface area (Å²) in [7, 11) is -4.20. The number of amides is 2. The minimum absolute atomic E-state index is 0.00553. The number of fused-ring (bicyclic) bond motifs is 2. The van der Waals surface area contributed by atoms with Gasteiger partial charge in [-0.1, -0.05) is 83.4 Å². The number of halogens is 2. The molecule has 8 nitrogen and oxygen atoms in total. The molecule has 6 aromatic rings. The fourth-order valence-electron chi connectivity index (χ4n) is 4.70. The van der Waals surface area contributed by atoms with E-state index in [1.165, 1.54) is 12.1 Å². The second kappa shape index (κ2) is 11.6. The lowest BCUT2D eigenvalue weighted by Gasteiger charge is -2.11. The van der Waals surface area contributed by atoms with Gasteiger partial charge in [-0.15, -0.1) is 5.10 Å². The van der Waals surface area contributed by atoms with Crippen molar-refractivity contribution in [2.45, 2.75) is 18.4 Å². The smallest absolute Gasteiger partial charge is 0.340 e. The number of urea groups is 1. The summed E-state index contributed by atoms with van der Waals surface area (Å²) in [6.45, 7) is 2.12. The standard InChI is InChI=1S/C32H24Cl2N4O4S/c1-20-9-13-24(14-10-20)43(40,41)42-31-26-18-23(35-32(39)36-29-8-4-6-22-5-2-3-7-25(22)29)12-16-30(26)38(37-31)19-21-11-15-27(33)28(34)17-21/h2-18H,19H2,1H3,(H2,35,36,39). The summed E-state index contributed by atoms with van der Waals surface area (Å²) in [6, 6.07) is 29.5. The van der Waals surface area contributed by atoms with Crippen molar-refractivity contribution in [1.29, 1.82) is 0 Å². The van der Waals surface area contributed by atoms with Gasteiger partial charge in [0.25, 0.3) is 5.88 Å². The molecule has 0 spiro atoms. The molecule has 5 aromatic carbocycles. The van der Waals surface area contributed by atoms with Crippen molar-refractivity contribution >= 4 is 72.4 Å². The number of carbonyl (C=O) groups excluding carboxylic acids is 1. The Labute approximate surface area is 257 Å². The normalized spacial score (nSPS) is 11.5. The van der Waals surface area contributed by atoms with E-state index in [0.29, 0.717) is 32.3 Å². The van der Waals surface area contributed by atoms with E-state index < -0.39 is 16.1 Å². The second-order valence-corrected chi connectivity index (χ2v) is 12.3. The molecule has 0 atom stereocenters. The summed E-state index contributed by atoms with van der Waals surface area (Å²) in [5.74, 6) is -0.131. The molecular weight excluding hydrogens is 607 g/mol. The van der Waals surface area contributed by atoms with Crippen LogP contribution < -0.4 is 14.8 Å². The fourth-order valence-corrected chi connectivity index (χ4v) is 5.91. The molecule has 0 unspecified atom stereocenters. The topological polar surface area (TPSA) is 102 Å². The lowest BCUT2D eigenvalue weighted by atomic mass is 10.1. The van der Waals surface area contributed by atoms with E-state index in [1.807, 2.05) is 49.4 Å². The van der Waals surface area contributed by atoms with Crippen LogP contribution in [0.4, 0.5) is 16.2 Å². The Bertz CT molecular complexity index is 2110. The van der Waals surface area contributed by atoms with Gasteiger partial charge >= 0.3 is 16.1 Å². The molecule has 0 saturated carbocycles. The average molecular weight is 632 g/mol. The largest absolute Gasteiger partial charge is 0.356 e. The first kappa shape index (κ1) is 28.5. The monoisotopic (exact) mass is 630 g/mol. The lowest BCUT2D eigenvalue weighted by Crippen LogP contribution is -2.19. The van der Waals surface area contributed by atoms with Crippen LogP contribution in [-0.4, -0.2) is 24.2 Å². The van der Waals surface area contributed by atoms with Gasteiger partial charge in [0.05, 0.1) is 33.2 Å². The summed E-state index contributed by atoms with van der Waals surface area (Å²) < 4.78 is 33.6. The molecule has 0 aliphatic rings. The van der Waals surface area contributed by atoms with E-state index in [1.54, 1.807) is 53.2 Å². The molecular formula is C32H24Cl2N4O4S. The van der Waals surface area contributed by atoms with Crippen LogP contribution in [0.3, 0.4) is 0 Å². The number of hydrogen-bond donors (Lipinski definition) is 2. The summed E-state index contributed by atoms with van der Waals surface area (Å²) >= 11 is 12.3. The van der Waals surface area contributed by atoms with E-state index >= 15 is 0 Å². The molecule has 43 heavy (non-hydrogen) atoms. The molecule has 0 aliphatic heterocycles. The van der Waals surface area contributed by atoms with Gasteiger partial charge in [-0.3, -0.25) is 4.68 Å². The molecule has 11 heteroatoms. The van der Waals surface area contributed by atoms with Crippen molar-refractivity contribution in [3.63, 3.8) is 0 Å². The Morgan fingerprint density at radius 1 is 0.837 bits per heavy atom. The van der Waals surface area contributed by atoms with E-state index in [4.69, 9.17) is 27.4 Å². The maximum absolute atomic E-state index is 13.2. The van der Waals surface area contributed by atoms with Gasteiger partial charge in [-0.05, 0) is 66.4 Å². The lowest BCUT2D eigenvalue weighted by molar-refractivity contribution is 0.262. The Balaban J connectivity index is 1.34. The molecule has 0 radical (unpaired) electrons. The molecule has 6 rings (SSSR count). The van der Waals surface area contributed by atoms with Crippen molar-refractivity contribution in [1.82, 2.24) is 9.78 Å². The SMILES string of the molecule is Cc1ccc(S(=O)(=O)Oc2nn(Cc3ccc(Cl)c(Cl)c3)c3ccc(NC(=O)Nc4cccc5ccccc45)cc23)cc1. The third-order valence-corrected chi connectivity index (χ3v) is 8.79. The number of nitrogens with zero attached hydrogens (tertiary/aromatic N) is 2. The minimum Gasteiger partial charge on any atom is -0.356 e. The number of rotatable bonds is 7. The van der Waals surface area contributed by atoms with Gasteiger partial charge in [-0.25, -0.2) is 4.79 Å². The third-order valence-electron chi connectivity index (χ3n) is 6.83. The zero-order chi connectivity index (χ0) is 30.1. The zero-order valence-electron chi connectivity index (χ0n) is 22.7. The zero-order valence-corrected chi connectivity index (χ0v) is 25.0. The highest BCUT2D eigenvalue weighted by Gasteiger charge is 2.22.